The molecular formula is C15H30ClN3O3S. The van der Waals surface area contributed by atoms with Gasteiger partial charge in [0, 0.05) is 25.6 Å². The van der Waals surface area contributed by atoms with Crippen LogP contribution in [0.15, 0.2) is 0 Å². The topological polar surface area (TPSA) is 78.5 Å². The lowest BCUT2D eigenvalue weighted by Crippen LogP contribution is -2.47. The fourth-order valence-corrected chi connectivity index (χ4v) is 4.80. The van der Waals surface area contributed by atoms with Crippen LogP contribution >= 0.6 is 12.4 Å². The van der Waals surface area contributed by atoms with E-state index in [1.54, 1.807) is 4.31 Å². The van der Waals surface area contributed by atoms with E-state index in [0.717, 1.165) is 32.4 Å². The number of amides is 1. The highest BCUT2D eigenvalue weighted by atomic mass is 35.5. The van der Waals surface area contributed by atoms with Crippen LogP contribution in [0.3, 0.4) is 0 Å². The molecule has 0 radical (unpaired) electrons. The number of halogens is 1. The molecule has 2 N–H and O–H groups in total. The Kier molecular flexibility index (Phi) is 8.82. The molecule has 2 saturated heterocycles. The molecule has 2 heterocycles. The van der Waals surface area contributed by atoms with Crippen molar-refractivity contribution in [3.05, 3.63) is 0 Å². The minimum atomic E-state index is -3.09. The molecule has 2 rings (SSSR count). The summed E-state index contributed by atoms with van der Waals surface area (Å²) in [6.07, 6.45) is 4.79. The smallest absolute Gasteiger partial charge is 0.220 e. The maximum atomic E-state index is 12.0. The van der Waals surface area contributed by atoms with Crippen molar-refractivity contribution in [2.75, 3.05) is 31.9 Å². The zero-order valence-corrected chi connectivity index (χ0v) is 15.6. The Bertz CT molecular complexity index is 459. The predicted octanol–water partition coefficient (Wildman–Crippen LogP) is 1.12. The highest BCUT2D eigenvalue weighted by Gasteiger charge is 2.28. The first-order chi connectivity index (χ1) is 10.5. The SMILES string of the molecule is CCCS(=O)(=O)N1CCC(NC(=O)CCC2CCNC2)CC1.Cl. The third kappa shape index (κ3) is 6.57. The first-order valence-electron chi connectivity index (χ1n) is 8.49. The summed E-state index contributed by atoms with van der Waals surface area (Å²) in [6.45, 7) is 5.03. The second-order valence-corrected chi connectivity index (χ2v) is 8.54. The van der Waals surface area contributed by atoms with Crippen LogP contribution in [0.1, 0.15) is 45.4 Å². The molecule has 1 amide bonds. The van der Waals surface area contributed by atoms with Crippen LogP contribution in [-0.4, -0.2) is 56.6 Å². The van der Waals surface area contributed by atoms with Gasteiger partial charge in [0.2, 0.25) is 15.9 Å². The lowest BCUT2D eigenvalue weighted by Gasteiger charge is -2.31. The van der Waals surface area contributed by atoms with E-state index in [4.69, 9.17) is 0 Å². The number of carbonyl (C=O) groups is 1. The van der Waals surface area contributed by atoms with Gasteiger partial charge in [-0.05, 0) is 51.1 Å². The van der Waals surface area contributed by atoms with Crippen molar-refractivity contribution in [1.82, 2.24) is 14.9 Å². The zero-order chi connectivity index (χ0) is 16.0. The lowest BCUT2D eigenvalue weighted by molar-refractivity contribution is -0.122. The number of rotatable bonds is 7. The molecule has 0 saturated carbocycles. The molecule has 23 heavy (non-hydrogen) atoms. The average molecular weight is 368 g/mol. The van der Waals surface area contributed by atoms with E-state index in [1.165, 1.54) is 6.42 Å². The van der Waals surface area contributed by atoms with Gasteiger partial charge in [-0.2, -0.15) is 0 Å². The van der Waals surface area contributed by atoms with Gasteiger partial charge in [-0.1, -0.05) is 6.92 Å². The Morgan fingerprint density at radius 1 is 1.26 bits per heavy atom. The van der Waals surface area contributed by atoms with E-state index in [0.29, 0.717) is 31.8 Å². The number of piperidine rings is 1. The molecule has 2 aliphatic heterocycles. The third-order valence-electron chi connectivity index (χ3n) is 4.62. The van der Waals surface area contributed by atoms with Crippen LogP contribution in [0.25, 0.3) is 0 Å². The lowest BCUT2D eigenvalue weighted by atomic mass is 10.0. The van der Waals surface area contributed by atoms with Crippen LogP contribution < -0.4 is 10.6 Å². The largest absolute Gasteiger partial charge is 0.353 e. The van der Waals surface area contributed by atoms with Gasteiger partial charge in [0.1, 0.15) is 0 Å². The number of sulfonamides is 1. The summed E-state index contributed by atoms with van der Waals surface area (Å²) in [5.41, 5.74) is 0. The van der Waals surface area contributed by atoms with Gasteiger partial charge in [0.25, 0.3) is 0 Å². The van der Waals surface area contributed by atoms with Crippen LogP contribution in [0, 0.1) is 5.92 Å². The second kappa shape index (κ2) is 9.81. The predicted molar refractivity (Wildman–Crippen MR) is 94.3 cm³/mol. The summed E-state index contributed by atoms with van der Waals surface area (Å²) in [5, 5.41) is 6.38. The molecule has 8 heteroatoms. The minimum Gasteiger partial charge on any atom is -0.353 e. The minimum absolute atomic E-state index is 0. The summed E-state index contributed by atoms with van der Waals surface area (Å²) in [5.74, 6) is 0.966. The molecule has 0 aliphatic carbocycles. The number of carbonyl (C=O) groups excluding carboxylic acids is 1. The molecule has 0 aromatic carbocycles. The Hall–Kier alpha value is -0.370. The second-order valence-electron chi connectivity index (χ2n) is 6.45. The van der Waals surface area contributed by atoms with E-state index in [1.807, 2.05) is 6.92 Å². The van der Waals surface area contributed by atoms with Gasteiger partial charge in [0.05, 0.1) is 5.75 Å². The van der Waals surface area contributed by atoms with E-state index >= 15 is 0 Å². The normalized spacial score (nSPS) is 23.4. The molecule has 0 bridgehead atoms. The van der Waals surface area contributed by atoms with Crippen molar-refractivity contribution in [1.29, 1.82) is 0 Å². The van der Waals surface area contributed by atoms with Crippen LogP contribution in [-0.2, 0) is 14.8 Å². The third-order valence-corrected chi connectivity index (χ3v) is 6.69. The van der Waals surface area contributed by atoms with Gasteiger partial charge >= 0.3 is 0 Å². The van der Waals surface area contributed by atoms with Gasteiger partial charge in [-0.15, -0.1) is 12.4 Å². The summed E-state index contributed by atoms with van der Waals surface area (Å²) >= 11 is 0. The van der Waals surface area contributed by atoms with Gasteiger partial charge in [-0.25, -0.2) is 12.7 Å². The van der Waals surface area contributed by atoms with E-state index in [2.05, 4.69) is 10.6 Å². The number of hydrogen-bond acceptors (Lipinski definition) is 4. The van der Waals surface area contributed by atoms with Crippen molar-refractivity contribution in [3.63, 3.8) is 0 Å². The van der Waals surface area contributed by atoms with Crippen LogP contribution in [0.4, 0.5) is 0 Å². The van der Waals surface area contributed by atoms with Gasteiger partial charge in [0.15, 0.2) is 0 Å². The summed E-state index contributed by atoms with van der Waals surface area (Å²) in [6, 6.07) is 0.127. The summed E-state index contributed by atoms with van der Waals surface area (Å²) in [7, 11) is -3.09. The Morgan fingerprint density at radius 3 is 2.52 bits per heavy atom. The van der Waals surface area contributed by atoms with Crippen molar-refractivity contribution < 1.29 is 13.2 Å². The Morgan fingerprint density at radius 2 is 1.96 bits per heavy atom. The fraction of sp³-hybridized carbons (Fsp3) is 0.933. The average Bonchev–Trinajstić information content (AvgIpc) is 2.99. The molecule has 0 aromatic rings. The molecule has 6 nitrogen and oxygen atoms in total. The standard InChI is InChI=1S/C15H29N3O3S.ClH/c1-2-11-22(20,21)18-9-6-14(7-10-18)17-15(19)4-3-13-5-8-16-12-13;/h13-14,16H,2-12H2,1H3,(H,17,19);1H. The first-order valence-corrected chi connectivity index (χ1v) is 10.1. The molecule has 0 spiro atoms. The zero-order valence-electron chi connectivity index (χ0n) is 13.9. The Balaban J connectivity index is 0.00000264. The van der Waals surface area contributed by atoms with E-state index < -0.39 is 10.0 Å². The number of hydrogen-bond donors (Lipinski definition) is 2. The number of nitrogens with one attached hydrogen (secondary N) is 2. The fourth-order valence-electron chi connectivity index (χ4n) is 3.26. The number of nitrogens with zero attached hydrogens (tertiary/aromatic N) is 1. The van der Waals surface area contributed by atoms with Crippen molar-refractivity contribution in [2.45, 2.75) is 51.5 Å². The molecule has 2 fully saturated rings. The van der Waals surface area contributed by atoms with Crippen molar-refractivity contribution in [2.24, 2.45) is 5.92 Å². The van der Waals surface area contributed by atoms with Gasteiger partial charge in [-0.3, -0.25) is 4.79 Å². The van der Waals surface area contributed by atoms with E-state index in [-0.39, 0.29) is 30.1 Å². The van der Waals surface area contributed by atoms with E-state index in [9.17, 15) is 13.2 Å². The summed E-state index contributed by atoms with van der Waals surface area (Å²) < 4.78 is 25.6. The Labute approximate surface area is 146 Å². The highest BCUT2D eigenvalue weighted by Crippen LogP contribution is 2.17. The van der Waals surface area contributed by atoms with Gasteiger partial charge < -0.3 is 10.6 Å². The highest BCUT2D eigenvalue weighted by molar-refractivity contribution is 7.89. The molecule has 0 aromatic heterocycles. The van der Waals surface area contributed by atoms with Crippen molar-refractivity contribution in [3.8, 4) is 0 Å². The molecule has 2 aliphatic rings. The first kappa shape index (κ1) is 20.7. The maximum Gasteiger partial charge on any atom is 0.220 e. The molecule has 1 unspecified atom stereocenters. The molecule has 1 atom stereocenters. The van der Waals surface area contributed by atoms with Crippen LogP contribution in [0.5, 0.6) is 0 Å². The quantitative estimate of drug-likeness (QED) is 0.706. The maximum absolute atomic E-state index is 12.0. The molecular weight excluding hydrogens is 338 g/mol. The monoisotopic (exact) mass is 367 g/mol. The van der Waals surface area contributed by atoms with Crippen LogP contribution in [0.2, 0.25) is 0 Å². The van der Waals surface area contributed by atoms with Crippen molar-refractivity contribution >= 4 is 28.3 Å². The molecule has 136 valence electrons. The summed E-state index contributed by atoms with van der Waals surface area (Å²) in [4.78, 5) is 12.0.